The molecule has 3 aromatic rings. The van der Waals surface area contributed by atoms with Crippen LogP contribution in [0.2, 0.25) is 0 Å². The van der Waals surface area contributed by atoms with Crippen molar-refractivity contribution >= 4 is 22.6 Å². The van der Waals surface area contributed by atoms with Gasteiger partial charge in [-0.2, -0.15) is 0 Å². The lowest BCUT2D eigenvalue weighted by Gasteiger charge is -2.16. The van der Waals surface area contributed by atoms with Crippen LogP contribution in [0.3, 0.4) is 0 Å². The topological polar surface area (TPSA) is 75.6 Å². The number of carboxylic acids is 1. The van der Waals surface area contributed by atoms with Gasteiger partial charge in [0, 0.05) is 12.0 Å². The van der Waals surface area contributed by atoms with Gasteiger partial charge in [0.05, 0.1) is 7.11 Å². The molecule has 5 nitrogen and oxygen atoms in total. The van der Waals surface area contributed by atoms with Gasteiger partial charge in [-0.1, -0.05) is 48.5 Å². The summed E-state index contributed by atoms with van der Waals surface area (Å²) in [6.45, 7) is 0. The van der Waals surface area contributed by atoms with E-state index in [1.165, 1.54) is 0 Å². The zero-order valence-corrected chi connectivity index (χ0v) is 14.3. The summed E-state index contributed by atoms with van der Waals surface area (Å²) in [4.78, 5) is 24.3. The number of carbonyl (C=O) groups is 2. The summed E-state index contributed by atoms with van der Waals surface area (Å²) < 4.78 is 5.10. The van der Waals surface area contributed by atoms with Crippen LogP contribution in [-0.4, -0.2) is 30.1 Å². The van der Waals surface area contributed by atoms with Crippen LogP contribution in [0.25, 0.3) is 10.8 Å². The predicted molar refractivity (Wildman–Crippen MR) is 99.5 cm³/mol. The largest absolute Gasteiger partial charge is 0.497 e. The fourth-order valence-corrected chi connectivity index (χ4v) is 2.86. The van der Waals surface area contributed by atoms with Gasteiger partial charge in [0.1, 0.15) is 11.8 Å². The third-order valence-corrected chi connectivity index (χ3v) is 4.24. The van der Waals surface area contributed by atoms with Crippen molar-refractivity contribution in [2.45, 2.75) is 12.5 Å². The summed E-state index contributed by atoms with van der Waals surface area (Å²) in [6.07, 6.45) is 0.190. The van der Waals surface area contributed by atoms with Crippen molar-refractivity contribution in [1.82, 2.24) is 5.32 Å². The molecule has 2 N–H and O–H groups in total. The molecule has 3 aromatic carbocycles. The first-order chi connectivity index (χ1) is 12.6. The van der Waals surface area contributed by atoms with E-state index < -0.39 is 17.9 Å². The molecule has 0 fully saturated rings. The monoisotopic (exact) mass is 349 g/mol. The Hall–Kier alpha value is -3.34. The Morgan fingerprint density at radius 1 is 1.00 bits per heavy atom. The second kappa shape index (κ2) is 7.70. The standard InChI is InChI=1S/C21H19NO4/c1-26-16-11-9-14(10-12-16)13-19(21(24)25)22-20(23)18-8-4-6-15-5-2-3-7-17(15)18/h2-12,19H,13H2,1H3,(H,22,23)(H,24,25)/t19-/m0/s1. The van der Waals surface area contributed by atoms with E-state index in [9.17, 15) is 14.7 Å². The number of nitrogens with one attached hydrogen (secondary N) is 1. The summed E-state index contributed by atoms with van der Waals surface area (Å²) in [5.41, 5.74) is 1.26. The number of aliphatic carboxylic acids is 1. The first kappa shape index (κ1) is 17.5. The van der Waals surface area contributed by atoms with Crippen molar-refractivity contribution in [1.29, 1.82) is 0 Å². The zero-order valence-electron chi connectivity index (χ0n) is 14.3. The summed E-state index contributed by atoms with van der Waals surface area (Å²) in [5.74, 6) is -0.780. The molecule has 0 bridgehead atoms. The van der Waals surface area contributed by atoms with Crippen molar-refractivity contribution in [2.24, 2.45) is 0 Å². The van der Waals surface area contributed by atoms with Crippen LogP contribution in [0.5, 0.6) is 5.75 Å². The Morgan fingerprint density at radius 2 is 1.69 bits per heavy atom. The van der Waals surface area contributed by atoms with E-state index in [2.05, 4.69) is 5.32 Å². The molecule has 0 spiro atoms. The number of amides is 1. The summed E-state index contributed by atoms with van der Waals surface area (Å²) >= 11 is 0. The highest BCUT2D eigenvalue weighted by atomic mass is 16.5. The van der Waals surface area contributed by atoms with Crippen LogP contribution in [0, 0.1) is 0 Å². The van der Waals surface area contributed by atoms with E-state index >= 15 is 0 Å². The van der Waals surface area contributed by atoms with Crippen molar-refractivity contribution in [3.05, 3.63) is 77.9 Å². The van der Waals surface area contributed by atoms with Crippen LogP contribution in [0.4, 0.5) is 0 Å². The fourth-order valence-electron chi connectivity index (χ4n) is 2.86. The molecule has 0 aliphatic heterocycles. The molecule has 0 unspecified atom stereocenters. The van der Waals surface area contributed by atoms with Crippen molar-refractivity contribution in [2.75, 3.05) is 7.11 Å². The number of carboxylic acid groups (broad SMARTS) is 1. The van der Waals surface area contributed by atoms with E-state index in [0.717, 1.165) is 16.3 Å². The zero-order chi connectivity index (χ0) is 18.5. The number of rotatable bonds is 6. The van der Waals surface area contributed by atoms with Gasteiger partial charge in [-0.15, -0.1) is 0 Å². The van der Waals surface area contributed by atoms with E-state index in [-0.39, 0.29) is 6.42 Å². The average molecular weight is 349 g/mol. The first-order valence-corrected chi connectivity index (χ1v) is 8.23. The van der Waals surface area contributed by atoms with Crippen LogP contribution in [0.15, 0.2) is 66.7 Å². The highest BCUT2D eigenvalue weighted by Crippen LogP contribution is 2.19. The van der Waals surface area contributed by atoms with E-state index in [0.29, 0.717) is 11.3 Å². The molecule has 0 aromatic heterocycles. The third kappa shape index (κ3) is 3.83. The van der Waals surface area contributed by atoms with Gasteiger partial charge in [0.25, 0.3) is 5.91 Å². The molecular weight excluding hydrogens is 330 g/mol. The molecule has 0 radical (unpaired) electrons. The van der Waals surface area contributed by atoms with Gasteiger partial charge in [-0.05, 0) is 34.5 Å². The number of ether oxygens (including phenoxy) is 1. The SMILES string of the molecule is COc1ccc(C[C@H](NC(=O)c2cccc3ccccc23)C(=O)O)cc1. The van der Waals surface area contributed by atoms with Crippen LogP contribution >= 0.6 is 0 Å². The van der Waals surface area contributed by atoms with Crippen molar-refractivity contribution < 1.29 is 19.4 Å². The Balaban J connectivity index is 1.80. The molecule has 5 heteroatoms. The minimum absolute atomic E-state index is 0.190. The second-order valence-corrected chi connectivity index (χ2v) is 5.94. The molecule has 1 atom stereocenters. The Bertz CT molecular complexity index is 929. The lowest BCUT2D eigenvalue weighted by molar-refractivity contribution is -0.139. The van der Waals surface area contributed by atoms with Gasteiger partial charge >= 0.3 is 5.97 Å². The van der Waals surface area contributed by atoms with E-state index in [4.69, 9.17) is 4.74 Å². The molecule has 1 amide bonds. The molecule has 0 aliphatic rings. The molecule has 3 rings (SSSR count). The molecule has 26 heavy (non-hydrogen) atoms. The van der Waals surface area contributed by atoms with Gasteiger partial charge < -0.3 is 15.2 Å². The summed E-state index contributed by atoms with van der Waals surface area (Å²) in [6, 6.07) is 19.0. The van der Waals surface area contributed by atoms with E-state index in [1.807, 2.05) is 30.3 Å². The number of hydrogen-bond donors (Lipinski definition) is 2. The van der Waals surface area contributed by atoms with Crippen LogP contribution < -0.4 is 10.1 Å². The normalized spacial score (nSPS) is 11.7. The number of hydrogen-bond acceptors (Lipinski definition) is 3. The molecule has 0 saturated carbocycles. The second-order valence-electron chi connectivity index (χ2n) is 5.94. The van der Waals surface area contributed by atoms with E-state index in [1.54, 1.807) is 43.5 Å². The van der Waals surface area contributed by atoms with Crippen LogP contribution in [-0.2, 0) is 11.2 Å². The highest BCUT2D eigenvalue weighted by Gasteiger charge is 2.22. The Labute approximate surface area is 151 Å². The molecule has 132 valence electrons. The van der Waals surface area contributed by atoms with Gasteiger partial charge in [-0.3, -0.25) is 4.79 Å². The third-order valence-electron chi connectivity index (χ3n) is 4.24. The van der Waals surface area contributed by atoms with Gasteiger partial charge in [0.15, 0.2) is 0 Å². The highest BCUT2D eigenvalue weighted by molar-refractivity contribution is 6.07. The lowest BCUT2D eigenvalue weighted by Crippen LogP contribution is -2.42. The lowest BCUT2D eigenvalue weighted by atomic mass is 10.0. The first-order valence-electron chi connectivity index (χ1n) is 8.23. The number of benzene rings is 3. The molecular formula is C21H19NO4. The summed E-state index contributed by atoms with van der Waals surface area (Å²) in [5, 5.41) is 13.9. The van der Waals surface area contributed by atoms with Crippen molar-refractivity contribution in [3.63, 3.8) is 0 Å². The maximum atomic E-state index is 12.7. The quantitative estimate of drug-likeness (QED) is 0.716. The Kier molecular flexibility index (Phi) is 5.17. The van der Waals surface area contributed by atoms with Gasteiger partial charge in [0.2, 0.25) is 0 Å². The minimum atomic E-state index is -1.07. The smallest absolute Gasteiger partial charge is 0.326 e. The maximum Gasteiger partial charge on any atom is 0.326 e. The van der Waals surface area contributed by atoms with Crippen LogP contribution in [0.1, 0.15) is 15.9 Å². The van der Waals surface area contributed by atoms with Gasteiger partial charge in [-0.25, -0.2) is 4.79 Å². The average Bonchev–Trinajstić information content (AvgIpc) is 2.67. The Morgan fingerprint density at radius 3 is 2.38 bits per heavy atom. The number of carbonyl (C=O) groups excluding carboxylic acids is 1. The molecule has 0 saturated heterocycles. The molecule has 0 aliphatic carbocycles. The summed E-state index contributed by atoms with van der Waals surface area (Å²) in [7, 11) is 1.57. The maximum absolute atomic E-state index is 12.7. The number of fused-ring (bicyclic) bond motifs is 1. The molecule has 0 heterocycles. The number of methoxy groups -OCH3 is 1. The fraction of sp³-hybridized carbons (Fsp3) is 0.143. The van der Waals surface area contributed by atoms with Crippen molar-refractivity contribution in [3.8, 4) is 5.75 Å². The minimum Gasteiger partial charge on any atom is -0.497 e. The predicted octanol–water partition coefficient (Wildman–Crippen LogP) is 3.27.